The van der Waals surface area contributed by atoms with E-state index in [-0.39, 0.29) is 6.10 Å². The van der Waals surface area contributed by atoms with Crippen molar-refractivity contribution in [3.05, 3.63) is 0 Å². The Morgan fingerprint density at radius 2 is 1.84 bits per heavy atom. The smallest absolute Gasteiger partial charge is 0.0897 e. The van der Waals surface area contributed by atoms with E-state index in [1.807, 2.05) is 6.92 Å². The molecule has 0 heterocycles. The van der Waals surface area contributed by atoms with Crippen LogP contribution in [0.2, 0.25) is 0 Å². The lowest BCUT2D eigenvalue weighted by Crippen LogP contribution is -2.41. The van der Waals surface area contributed by atoms with E-state index in [0.717, 1.165) is 5.92 Å². The van der Waals surface area contributed by atoms with Crippen LogP contribution in [0, 0.1) is 5.92 Å². The van der Waals surface area contributed by atoms with Gasteiger partial charge in [-0.15, -0.1) is 0 Å². The van der Waals surface area contributed by atoms with Crippen LogP contribution >= 0.6 is 0 Å². The second-order valence-corrected chi connectivity index (χ2v) is 5.85. The monoisotopic (exact) mass is 273 g/mol. The molecule has 0 aliphatic heterocycles. The Bertz CT molecular complexity index is 219. The van der Waals surface area contributed by atoms with Gasteiger partial charge in [-0.25, -0.2) is 0 Å². The number of nitrogens with one attached hydrogen (secondary N) is 1. The molecule has 3 atom stereocenters. The maximum Gasteiger partial charge on any atom is 0.0897 e. The molecule has 1 fully saturated rings. The molecule has 3 unspecified atom stereocenters. The SMILES string of the molecule is COCC(C)OCC(O)CNC(C)C1CCCCC1. The van der Waals surface area contributed by atoms with Crippen molar-refractivity contribution in [2.24, 2.45) is 5.92 Å². The maximum atomic E-state index is 9.89. The largest absolute Gasteiger partial charge is 0.389 e. The Labute approximate surface area is 117 Å². The van der Waals surface area contributed by atoms with Gasteiger partial charge >= 0.3 is 0 Å². The van der Waals surface area contributed by atoms with Gasteiger partial charge < -0.3 is 19.9 Å². The average molecular weight is 273 g/mol. The van der Waals surface area contributed by atoms with Crippen LogP contribution < -0.4 is 5.32 Å². The first kappa shape index (κ1) is 16.9. The third-order valence-corrected chi connectivity index (χ3v) is 4.01. The Balaban J connectivity index is 2.09. The lowest BCUT2D eigenvalue weighted by atomic mass is 9.84. The lowest BCUT2D eigenvalue weighted by Gasteiger charge is -2.29. The maximum absolute atomic E-state index is 9.89. The van der Waals surface area contributed by atoms with Crippen molar-refractivity contribution in [1.82, 2.24) is 5.32 Å². The second kappa shape index (κ2) is 9.70. The van der Waals surface area contributed by atoms with Gasteiger partial charge in [0.25, 0.3) is 0 Å². The molecule has 0 radical (unpaired) electrons. The minimum Gasteiger partial charge on any atom is -0.389 e. The molecular formula is C15H31NO3. The number of aliphatic hydroxyl groups is 1. The van der Waals surface area contributed by atoms with Crippen LogP contribution in [0.15, 0.2) is 0 Å². The molecule has 0 saturated heterocycles. The van der Waals surface area contributed by atoms with Crippen molar-refractivity contribution < 1.29 is 14.6 Å². The van der Waals surface area contributed by atoms with Gasteiger partial charge in [-0.1, -0.05) is 19.3 Å². The van der Waals surface area contributed by atoms with Crippen molar-refractivity contribution in [1.29, 1.82) is 0 Å². The van der Waals surface area contributed by atoms with E-state index in [9.17, 15) is 5.11 Å². The summed E-state index contributed by atoms with van der Waals surface area (Å²) in [5.74, 6) is 0.772. The first-order valence-electron chi connectivity index (χ1n) is 7.65. The van der Waals surface area contributed by atoms with Gasteiger partial charge in [-0.3, -0.25) is 0 Å². The molecule has 19 heavy (non-hydrogen) atoms. The fourth-order valence-electron chi connectivity index (χ4n) is 2.74. The molecule has 0 spiro atoms. The number of hydrogen-bond donors (Lipinski definition) is 2. The summed E-state index contributed by atoms with van der Waals surface area (Å²) >= 11 is 0. The van der Waals surface area contributed by atoms with Gasteiger partial charge in [0.15, 0.2) is 0 Å². The van der Waals surface area contributed by atoms with Crippen LogP contribution in [-0.4, -0.2) is 50.2 Å². The summed E-state index contributed by atoms with van der Waals surface area (Å²) < 4.78 is 10.5. The van der Waals surface area contributed by atoms with E-state index in [1.54, 1.807) is 7.11 Å². The summed E-state index contributed by atoms with van der Waals surface area (Å²) in [6, 6.07) is 0.492. The molecule has 0 aromatic heterocycles. The number of aliphatic hydroxyl groups excluding tert-OH is 1. The van der Waals surface area contributed by atoms with Crippen LogP contribution in [0.3, 0.4) is 0 Å². The van der Waals surface area contributed by atoms with Crippen molar-refractivity contribution in [3.63, 3.8) is 0 Å². The molecule has 4 heteroatoms. The summed E-state index contributed by atoms with van der Waals surface area (Å²) in [5, 5.41) is 13.3. The topological polar surface area (TPSA) is 50.7 Å². The standard InChI is InChI=1S/C15H31NO3/c1-12(10-18-3)19-11-15(17)9-16-13(2)14-7-5-4-6-8-14/h12-17H,4-11H2,1-3H3. The Morgan fingerprint density at radius 3 is 2.47 bits per heavy atom. The predicted octanol–water partition coefficient (Wildman–Crippen LogP) is 1.96. The first-order valence-corrected chi connectivity index (χ1v) is 7.65. The minimum atomic E-state index is -0.439. The van der Waals surface area contributed by atoms with Gasteiger partial charge in [0.1, 0.15) is 0 Å². The van der Waals surface area contributed by atoms with E-state index in [1.165, 1.54) is 32.1 Å². The molecule has 0 bridgehead atoms. The predicted molar refractivity (Wildman–Crippen MR) is 77.3 cm³/mol. The zero-order chi connectivity index (χ0) is 14.1. The van der Waals surface area contributed by atoms with Crippen LogP contribution in [0.1, 0.15) is 46.0 Å². The third-order valence-electron chi connectivity index (χ3n) is 4.01. The molecular weight excluding hydrogens is 242 g/mol. The van der Waals surface area contributed by atoms with Crippen molar-refractivity contribution in [2.45, 2.75) is 64.2 Å². The highest BCUT2D eigenvalue weighted by atomic mass is 16.5. The normalized spacial score (nSPS) is 22.1. The molecule has 1 saturated carbocycles. The Kier molecular flexibility index (Phi) is 8.62. The first-order chi connectivity index (χ1) is 9.13. The Hall–Kier alpha value is -0.160. The molecule has 1 aliphatic rings. The van der Waals surface area contributed by atoms with Gasteiger partial charge in [0, 0.05) is 19.7 Å². The van der Waals surface area contributed by atoms with E-state index >= 15 is 0 Å². The van der Waals surface area contributed by atoms with Gasteiger partial charge in [0.2, 0.25) is 0 Å². The average Bonchev–Trinajstić information content (AvgIpc) is 2.44. The summed E-state index contributed by atoms with van der Waals surface area (Å²) in [4.78, 5) is 0. The summed E-state index contributed by atoms with van der Waals surface area (Å²) in [6.45, 7) is 5.73. The highest BCUT2D eigenvalue weighted by Gasteiger charge is 2.20. The highest BCUT2D eigenvalue weighted by Crippen LogP contribution is 2.26. The second-order valence-electron chi connectivity index (χ2n) is 5.85. The Morgan fingerprint density at radius 1 is 1.16 bits per heavy atom. The quantitative estimate of drug-likeness (QED) is 0.674. The van der Waals surface area contributed by atoms with E-state index in [4.69, 9.17) is 9.47 Å². The third kappa shape index (κ3) is 7.25. The van der Waals surface area contributed by atoms with Crippen LogP contribution in [0.5, 0.6) is 0 Å². The lowest BCUT2D eigenvalue weighted by molar-refractivity contribution is -0.0319. The molecule has 0 amide bonds. The van der Waals surface area contributed by atoms with Crippen molar-refractivity contribution in [2.75, 3.05) is 26.9 Å². The van der Waals surface area contributed by atoms with Crippen molar-refractivity contribution >= 4 is 0 Å². The highest BCUT2D eigenvalue weighted by molar-refractivity contribution is 4.76. The summed E-state index contributed by atoms with van der Waals surface area (Å²) in [6.07, 6.45) is 6.35. The number of methoxy groups -OCH3 is 1. The molecule has 4 nitrogen and oxygen atoms in total. The van der Waals surface area contributed by atoms with Crippen LogP contribution in [0.4, 0.5) is 0 Å². The molecule has 0 aromatic carbocycles. The van der Waals surface area contributed by atoms with Crippen LogP contribution in [-0.2, 0) is 9.47 Å². The molecule has 114 valence electrons. The molecule has 1 aliphatic carbocycles. The van der Waals surface area contributed by atoms with E-state index in [2.05, 4.69) is 12.2 Å². The van der Waals surface area contributed by atoms with Gasteiger partial charge in [-0.2, -0.15) is 0 Å². The fourth-order valence-corrected chi connectivity index (χ4v) is 2.74. The van der Waals surface area contributed by atoms with E-state index < -0.39 is 6.10 Å². The van der Waals surface area contributed by atoms with Crippen LogP contribution in [0.25, 0.3) is 0 Å². The zero-order valence-electron chi connectivity index (χ0n) is 12.7. The zero-order valence-corrected chi connectivity index (χ0v) is 12.7. The molecule has 0 aromatic rings. The summed E-state index contributed by atoms with van der Waals surface area (Å²) in [5.41, 5.74) is 0. The van der Waals surface area contributed by atoms with E-state index in [0.29, 0.717) is 25.8 Å². The number of hydrogen-bond acceptors (Lipinski definition) is 4. The molecule has 1 rings (SSSR count). The number of rotatable bonds is 9. The van der Waals surface area contributed by atoms with Crippen molar-refractivity contribution in [3.8, 4) is 0 Å². The minimum absolute atomic E-state index is 0.0374. The van der Waals surface area contributed by atoms with Gasteiger partial charge in [-0.05, 0) is 32.6 Å². The molecule has 2 N–H and O–H groups in total. The summed E-state index contributed by atoms with van der Waals surface area (Å²) in [7, 11) is 1.66. The fraction of sp³-hybridized carbons (Fsp3) is 1.00. The van der Waals surface area contributed by atoms with Gasteiger partial charge in [0.05, 0.1) is 25.4 Å². The number of ether oxygens (including phenoxy) is 2.